The van der Waals surface area contributed by atoms with Crippen LogP contribution < -0.4 is 4.74 Å². The molecule has 142 valence electrons. The number of esters is 1. The molecule has 0 saturated carbocycles. The summed E-state index contributed by atoms with van der Waals surface area (Å²) in [5.74, 6) is -0.660. The van der Waals surface area contributed by atoms with E-state index in [2.05, 4.69) is 0 Å². The first-order valence-corrected chi connectivity index (χ1v) is 9.84. The van der Waals surface area contributed by atoms with Crippen LogP contribution in [0.4, 0.5) is 5.69 Å². The summed E-state index contributed by atoms with van der Waals surface area (Å²) in [5.41, 5.74) is 0.687. The molecule has 0 aliphatic carbocycles. The van der Waals surface area contributed by atoms with Crippen LogP contribution in [0.2, 0.25) is 0 Å². The number of nitrogens with zero attached hydrogens (tertiary/aromatic N) is 1. The van der Waals surface area contributed by atoms with E-state index in [1.54, 1.807) is 24.3 Å². The molecule has 0 amide bonds. The van der Waals surface area contributed by atoms with Gasteiger partial charge in [-0.3, -0.25) is 10.1 Å². The maximum absolute atomic E-state index is 12.5. The van der Waals surface area contributed by atoms with Crippen LogP contribution in [-0.4, -0.2) is 19.3 Å². The van der Waals surface area contributed by atoms with Gasteiger partial charge in [0.1, 0.15) is 5.75 Å². The van der Waals surface area contributed by atoms with E-state index in [9.17, 15) is 23.3 Å². The third-order valence-electron chi connectivity index (χ3n) is 3.91. The Morgan fingerprint density at radius 2 is 1.50 bits per heavy atom. The molecule has 3 aromatic carbocycles. The summed E-state index contributed by atoms with van der Waals surface area (Å²) in [5, 5.41) is 10.6. The molecule has 0 unspecified atom stereocenters. The van der Waals surface area contributed by atoms with Crippen molar-refractivity contribution in [2.45, 2.75) is 10.6 Å². The van der Waals surface area contributed by atoms with Gasteiger partial charge in [-0.2, -0.15) is 0 Å². The van der Waals surface area contributed by atoms with Crippen LogP contribution in [-0.2, 0) is 15.6 Å². The number of carbonyl (C=O) groups is 1. The number of hydrogen-bond acceptors (Lipinski definition) is 6. The molecule has 3 aromatic rings. The molecule has 28 heavy (non-hydrogen) atoms. The summed E-state index contributed by atoms with van der Waals surface area (Å²) in [6.07, 6.45) is 0. The van der Waals surface area contributed by atoms with Crippen molar-refractivity contribution < 1.29 is 22.9 Å². The Bertz CT molecular complexity index is 1090. The van der Waals surface area contributed by atoms with Crippen LogP contribution in [0.1, 0.15) is 15.9 Å². The fourth-order valence-corrected chi connectivity index (χ4v) is 3.83. The second kappa shape index (κ2) is 8.01. The van der Waals surface area contributed by atoms with Gasteiger partial charge in [-0.05, 0) is 42.0 Å². The standard InChI is InChI=1S/C20H15NO6S/c22-20(16-6-8-17(9-7-16)21(23)24)27-18-10-12-19(13-11-18)28(25,26)14-15-4-2-1-3-5-15/h1-13H,14H2. The third kappa shape index (κ3) is 4.60. The molecule has 0 fully saturated rings. The highest BCUT2D eigenvalue weighted by molar-refractivity contribution is 7.90. The van der Waals surface area contributed by atoms with Crippen molar-refractivity contribution in [1.82, 2.24) is 0 Å². The monoisotopic (exact) mass is 397 g/mol. The quantitative estimate of drug-likeness (QED) is 0.271. The second-order valence-corrected chi connectivity index (χ2v) is 7.90. The first-order chi connectivity index (χ1) is 13.3. The Hall–Kier alpha value is -3.52. The van der Waals surface area contributed by atoms with Crippen molar-refractivity contribution >= 4 is 21.5 Å². The topological polar surface area (TPSA) is 104 Å². The molecule has 0 spiro atoms. The lowest BCUT2D eigenvalue weighted by molar-refractivity contribution is -0.384. The fraction of sp³-hybridized carbons (Fsp3) is 0.0500. The molecule has 7 nitrogen and oxygen atoms in total. The SMILES string of the molecule is O=C(Oc1ccc(S(=O)(=O)Cc2ccccc2)cc1)c1ccc([N+](=O)[O-])cc1. The van der Waals surface area contributed by atoms with E-state index in [1.807, 2.05) is 6.07 Å². The summed E-state index contributed by atoms with van der Waals surface area (Å²) < 4.78 is 30.1. The van der Waals surface area contributed by atoms with Crippen LogP contribution in [0.25, 0.3) is 0 Å². The average molecular weight is 397 g/mol. The van der Waals surface area contributed by atoms with Crippen LogP contribution in [0, 0.1) is 10.1 Å². The summed E-state index contributed by atoms with van der Waals surface area (Å²) in [6.45, 7) is 0. The molecule has 0 atom stereocenters. The summed E-state index contributed by atoms with van der Waals surface area (Å²) in [6, 6.07) is 19.3. The van der Waals surface area contributed by atoms with E-state index >= 15 is 0 Å². The molecule has 0 aromatic heterocycles. The zero-order valence-electron chi connectivity index (χ0n) is 14.5. The molecule has 0 aliphatic rings. The van der Waals surface area contributed by atoms with Crippen LogP contribution in [0.3, 0.4) is 0 Å². The van der Waals surface area contributed by atoms with Gasteiger partial charge in [0.25, 0.3) is 5.69 Å². The van der Waals surface area contributed by atoms with Crippen LogP contribution >= 0.6 is 0 Å². The number of sulfone groups is 1. The molecule has 0 N–H and O–H groups in total. The fourth-order valence-electron chi connectivity index (χ4n) is 2.48. The number of nitro groups is 1. The van der Waals surface area contributed by atoms with Crippen LogP contribution in [0.5, 0.6) is 5.75 Å². The first-order valence-electron chi connectivity index (χ1n) is 8.18. The minimum absolute atomic E-state index is 0.117. The van der Waals surface area contributed by atoms with E-state index in [4.69, 9.17) is 4.74 Å². The molecule has 3 rings (SSSR count). The summed E-state index contributed by atoms with van der Waals surface area (Å²) in [7, 11) is -3.53. The van der Waals surface area contributed by atoms with Gasteiger partial charge in [0, 0.05) is 12.1 Å². The third-order valence-corrected chi connectivity index (χ3v) is 5.61. The predicted octanol–water partition coefficient (Wildman–Crippen LogP) is 3.79. The number of benzene rings is 3. The zero-order valence-corrected chi connectivity index (χ0v) is 15.3. The number of hydrogen-bond donors (Lipinski definition) is 0. The summed E-state index contributed by atoms with van der Waals surface area (Å²) >= 11 is 0. The van der Waals surface area contributed by atoms with Gasteiger partial charge in [-0.15, -0.1) is 0 Å². The maximum atomic E-state index is 12.5. The smallest absolute Gasteiger partial charge is 0.343 e. The number of nitro benzene ring substituents is 1. The van der Waals surface area contributed by atoms with E-state index in [-0.39, 0.29) is 27.6 Å². The van der Waals surface area contributed by atoms with Gasteiger partial charge in [-0.25, -0.2) is 13.2 Å². The highest BCUT2D eigenvalue weighted by atomic mass is 32.2. The highest BCUT2D eigenvalue weighted by Crippen LogP contribution is 2.21. The van der Waals surface area contributed by atoms with Gasteiger partial charge < -0.3 is 4.74 Å². The van der Waals surface area contributed by atoms with Crippen molar-refractivity contribution in [2.75, 3.05) is 0 Å². The lowest BCUT2D eigenvalue weighted by Crippen LogP contribution is -2.09. The van der Waals surface area contributed by atoms with Gasteiger partial charge in [0.15, 0.2) is 9.84 Å². The molecule has 0 bridgehead atoms. The Morgan fingerprint density at radius 3 is 2.07 bits per heavy atom. The molecular weight excluding hydrogens is 382 g/mol. The minimum atomic E-state index is -3.53. The second-order valence-electron chi connectivity index (χ2n) is 5.91. The van der Waals surface area contributed by atoms with Crippen molar-refractivity contribution in [1.29, 1.82) is 0 Å². The van der Waals surface area contributed by atoms with E-state index in [1.165, 1.54) is 48.5 Å². The molecule has 0 aliphatic heterocycles. The van der Waals surface area contributed by atoms with E-state index in [0.717, 1.165) is 0 Å². The van der Waals surface area contributed by atoms with Crippen molar-refractivity contribution in [3.05, 3.63) is 100 Å². The lowest BCUT2D eigenvalue weighted by Gasteiger charge is -2.07. The van der Waals surface area contributed by atoms with Gasteiger partial charge in [-0.1, -0.05) is 30.3 Å². The minimum Gasteiger partial charge on any atom is -0.423 e. The van der Waals surface area contributed by atoms with Gasteiger partial charge >= 0.3 is 5.97 Å². The van der Waals surface area contributed by atoms with Crippen molar-refractivity contribution in [3.8, 4) is 5.75 Å². The zero-order chi connectivity index (χ0) is 20.1. The van der Waals surface area contributed by atoms with Gasteiger partial charge in [0.2, 0.25) is 0 Å². The number of non-ortho nitro benzene ring substituents is 1. The molecule has 0 heterocycles. The van der Waals surface area contributed by atoms with Crippen LogP contribution in [0.15, 0.2) is 83.8 Å². The number of ether oxygens (including phenoxy) is 1. The number of rotatable bonds is 6. The average Bonchev–Trinajstić information content (AvgIpc) is 2.69. The van der Waals surface area contributed by atoms with E-state index < -0.39 is 20.7 Å². The highest BCUT2D eigenvalue weighted by Gasteiger charge is 2.16. The van der Waals surface area contributed by atoms with Gasteiger partial charge in [0.05, 0.1) is 21.1 Å². The largest absolute Gasteiger partial charge is 0.423 e. The molecule has 0 radical (unpaired) electrons. The molecular formula is C20H15NO6S. The summed E-state index contributed by atoms with van der Waals surface area (Å²) in [4.78, 5) is 22.3. The van der Waals surface area contributed by atoms with Crippen molar-refractivity contribution in [3.63, 3.8) is 0 Å². The Morgan fingerprint density at radius 1 is 0.893 bits per heavy atom. The maximum Gasteiger partial charge on any atom is 0.343 e. The Kier molecular flexibility index (Phi) is 5.51. The molecule has 0 saturated heterocycles. The Balaban J connectivity index is 1.70. The Labute approximate surface area is 161 Å². The van der Waals surface area contributed by atoms with Crippen molar-refractivity contribution in [2.24, 2.45) is 0 Å². The lowest BCUT2D eigenvalue weighted by atomic mass is 10.2. The predicted molar refractivity (Wildman–Crippen MR) is 102 cm³/mol. The van der Waals surface area contributed by atoms with E-state index in [0.29, 0.717) is 5.56 Å². The molecule has 8 heteroatoms. The first kappa shape index (κ1) is 19.2. The number of carbonyl (C=O) groups excluding carboxylic acids is 1. The normalized spacial score (nSPS) is 11.0.